The van der Waals surface area contributed by atoms with E-state index in [1.165, 1.54) is 83.8 Å². The molecule has 1 aliphatic rings. The van der Waals surface area contributed by atoms with E-state index in [0.29, 0.717) is 0 Å². The fraction of sp³-hybridized carbons (Fsp3) is 0.0196. The van der Waals surface area contributed by atoms with Gasteiger partial charge in [0.25, 0.3) is 0 Å². The van der Waals surface area contributed by atoms with Crippen molar-refractivity contribution in [1.29, 1.82) is 0 Å². The van der Waals surface area contributed by atoms with E-state index in [4.69, 9.17) is 9.98 Å². The topological polar surface area (TPSA) is 36.8 Å². The Morgan fingerprint density at radius 1 is 0.375 bits per heavy atom. The average Bonchev–Trinajstić information content (AvgIpc) is 3.84. The molecule has 0 saturated carbocycles. The van der Waals surface area contributed by atoms with Crippen LogP contribution in [-0.2, 0) is 0 Å². The van der Waals surface area contributed by atoms with Crippen molar-refractivity contribution in [2.75, 3.05) is 0 Å². The third-order valence-corrected chi connectivity index (χ3v) is 13.7. The van der Waals surface area contributed by atoms with Crippen LogP contribution in [0.2, 0.25) is 0 Å². The van der Waals surface area contributed by atoms with Gasteiger partial charge in [-0.1, -0.05) is 146 Å². The van der Waals surface area contributed by atoms with Crippen LogP contribution in [0, 0.1) is 0 Å². The number of thiophene rings is 2. The predicted molar refractivity (Wildman–Crippen MR) is 242 cm³/mol. The van der Waals surface area contributed by atoms with Gasteiger partial charge in [0.1, 0.15) is 12.0 Å². The van der Waals surface area contributed by atoms with Gasteiger partial charge in [0.05, 0.1) is 0 Å². The SMILES string of the molecule is c1ccc(C2=NC(c3ccc4c(c3)sc3ccc(-c5ccc6c7ccccc7c7ccccc7c6c5)cc34)=NC(c3cccc4c3sc3ccccc34)N2)cc1. The zero-order valence-electron chi connectivity index (χ0n) is 30.0. The molecular weight excluding hydrogens is 719 g/mol. The Morgan fingerprint density at radius 3 is 1.73 bits per heavy atom. The molecule has 2 aromatic heterocycles. The highest BCUT2D eigenvalue weighted by Crippen LogP contribution is 2.42. The number of rotatable bonds is 4. The van der Waals surface area contributed by atoms with Crippen LogP contribution in [0.25, 0.3) is 83.8 Å². The molecule has 9 aromatic carbocycles. The van der Waals surface area contributed by atoms with Gasteiger partial charge in [0.15, 0.2) is 5.84 Å². The van der Waals surface area contributed by atoms with Gasteiger partial charge in [-0.25, -0.2) is 9.98 Å². The van der Waals surface area contributed by atoms with Gasteiger partial charge < -0.3 is 5.32 Å². The largest absolute Gasteiger partial charge is 0.344 e. The van der Waals surface area contributed by atoms with Crippen LogP contribution in [0.4, 0.5) is 0 Å². The Hall–Kier alpha value is -6.66. The highest BCUT2D eigenvalue weighted by molar-refractivity contribution is 7.26. The minimum Gasteiger partial charge on any atom is -0.344 e. The summed E-state index contributed by atoms with van der Waals surface area (Å²) in [6.07, 6.45) is -0.285. The van der Waals surface area contributed by atoms with Crippen LogP contribution in [0.3, 0.4) is 0 Å². The molecule has 3 nitrogen and oxygen atoms in total. The van der Waals surface area contributed by atoms with E-state index in [0.717, 1.165) is 28.4 Å². The molecular formula is C51H31N3S2. The first-order valence-electron chi connectivity index (χ1n) is 18.9. The molecule has 12 rings (SSSR count). The number of hydrogen-bond acceptors (Lipinski definition) is 5. The van der Waals surface area contributed by atoms with E-state index in [1.807, 2.05) is 28.7 Å². The van der Waals surface area contributed by atoms with Crippen LogP contribution in [-0.4, -0.2) is 11.7 Å². The van der Waals surface area contributed by atoms with Gasteiger partial charge in [0.2, 0.25) is 0 Å². The zero-order valence-corrected chi connectivity index (χ0v) is 31.7. The van der Waals surface area contributed by atoms with Gasteiger partial charge in [-0.3, -0.25) is 0 Å². The van der Waals surface area contributed by atoms with Crippen molar-refractivity contribution in [1.82, 2.24) is 5.32 Å². The number of hydrogen-bond donors (Lipinski definition) is 1. The van der Waals surface area contributed by atoms with Crippen LogP contribution < -0.4 is 5.32 Å². The Balaban J connectivity index is 0.971. The zero-order chi connectivity index (χ0) is 36.7. The fourth-order valence-electron chi connectivity index (χ4n) is 8.65. The standard InChI is InChI=1S/C51H31N3S2/c1-2-11-30(12-3-1)49-52-50(54-51(53-49)42-19-10-18-41-39-17-8-9-20-45(39)56-48(41)42)33-22-25-40-44-28-32(23-26-46(44)55-47(40)29-33)31-21-24-38-36-15-5-4-13-34(36)35-14-6-7-16-37(35)43(38)27-31/h1-29,51H,(H,52,53,54). The molecule has 5 heteroatoms. The Kier molecular flexibility index (Phi) is 7.03. The summed E-state index contributed by atoms with van der Waals surface area (Å²) in [5.41, 5.74) is 5.66. The van der Waals surface area contributed by atoms with E-state index >= 15 is 0 Å². The summed E-state index contributed by atoms with van der Waals surface area (Å²) in [6.45, 7) is 0. The number of benzene rings is 9. The third kappa shape index (κ3) is 4.95. The summed E-state index contributed by atoms with van der Waals surface area (Å²) in [7, 11) is 0. The summed E-state index contributed by atoms with van der Waals surface area (Å²) in [5.74, 6) is 1.57. The lowest BCUT2D eigenvalue weighted by Gasteiger charge is -2.24. The van der Waals surface area contributed by atoms with Crippen molar-refractivity contribution >= 4 is 107 Å². The van der Waals surface area contributed by atoms with Crippen LogP contribution >= 0.6 is 22.7 Å². The quantitative estimate of drug-likeness (QED) is 0.179. The van der Waals surface area contributed by atoms with Crippen LogP contribution in [0.5, 0.6) is 0 Å². The lowest BCUT2D eigenvalue weighted by atomic mass is 9.92. The maximum absolute atomic E-state index is 5.33. The molecule has 0 spiro atoms. The molecule has 56 heavy (non-hydrogen) atoms. The van der Waals surface area contributed by atoms with Crippen LogP contribution in [0.1, 0.15) is 22.9 Å². The maximum atomic E-state index is 5.33. The normalized spacial score (nSPS) is 14.6. The highest BCUT2D eigenvalue weighted by atomic mass is 32.1. The highest BCUT2D eigenvalue weighted by Gasteiger charge is 2.24. The Labute approximate surface area is 330 Å². The molecule has 0 amide bonds. The lowest BCUT2D eigenvalue weighted by molar-refractivity contribution is 0.680. The molecule has 1 atom stereocenters. The number of nitrogens with one attached hydrogen (secondary N) is 1. The maximum Gasteiger partial charge on any atom is 0.159 e. The van der Waals surface area contributed by atoms with Gasteiger partial charge in [0, 0.05) is 57.0 Å². The third-order valence-electron chi connectivity index (χ3n) is 11.3. The molecule has 11 aromatic rings. The van der Waals surface area contributed by atoms with Gasteiger partial charge in [-0.15, -0.1) is 22.7 Å². The number of nitrogens with zero attached hydrogens (tertiary/aromatic N) is 2. The van der Waals surface area contributed by atoms with Gasteiger partial charge in [-0.05, 0) is 73.8 Å². The van der Waals surface area contributed by atoms with Crippen molar-refractivity contribution in [3.05, 3.63) is 193 Å². The molecule has 0 bridgehead atoms. The van der Waals surface area contributed by atoms with E-state index in [-0.39, 0.29) is 6.17 Å². The molecule has 1 N–H and O–H groups in total. The first-order valence-corrected chi connectivity index (χ1v) is 20.6. The summed E-state index contributed by atoms with van der Waals surface area (Å²) in [4.78, 5) is 10.5. The Morgan fingerprint density at radius 2 is 0.946 bits per heavy atom. The average molecular weight is 750 g/mol. The van der Waals surface area contributed by atoms with Crippen molar-refractivity contribution in [3.63, 3.8) is 0 Å². The van der Waals surface area contributed by atoms with Crippen molar-refractivity contribution in [2.24, 2.45) is 9.98 Å². The van der Waals surface area contributed by atoms with Crippen molar-refractivity contribution < 1.29 is 0 Å². The molecule has 0 radical (unpaired) electrons. The lowest BCUT2D eigenvalue weighted by Crippen LogP contribution is -2.33. The molecule has 3 heterocycles. The number of fused-ring (bicyclic) bond motifs is 12. The number of amidine groups is 2. The molecule has 262 valence electrons. The van der Waals surface area contributed by atoms with E-state index < -0.39 is 0 Å². The first kappa shape index (κ1) is 31.7. The first-order chi connectivity index (χ1) is 27.7. The van der Waals surface area contributed by atoms with E-state index in [2.05, 4.69) is 175 Å². The minimum atomic E-state index is -0.285. The van der Waals surface area contributed by atoms with E-state index in [1.54, 1.807) is 0 Å². The number of aliphatic imine (C=N–C) groups is 2. The van der Waals surface area contributed by atoms with Crippen molar-refractivity contribution in [3.8, 4) is 11.1 Å². The fourth-order valence-corrected chi connectivity index (χ4v) is 11.0. The molecule has 1 aliphatic heterocycles. The van der Waals surface area contributed by atoms with E-state index in [9.17, 15) is 0 Å². The molecule has 0 saturated heterocycles. The second kappa shape index (κ2) is 12.4. The van der Waals surface area contributed by atoms with Crippen molar-refractivity contribution in [2.45, 2.75) is 6.17 Å². The summed E-state index contributed by atoms with van der Waals surface area (Å²) in [6, 6.07) is 63.8. The smallest absolute Gasteiger partial charge is 0.159 e. The summed E-state index contributed by atoms with van der Waals surface area (Å²) in [5, 5.41) is 16.5. The minimum absolute atomic E-state index is 0.285. The molecule has 1 unspecified atom stereocenters. The van der Waals surface area contributed by atoms with Gasteiger partial charge >= 0.3 is 0 Å². The monoisotopic (exact) mass is 749 g/mol. The molecule has 0 fully saturated rings. The second-order valence-electron chi connectivity index (χ2n) is 14.5. The van der Waals surface area contributed by atoms with Crippen LogP contribution in [0.15, 0.2) is 186 Å². The Bertz CT molecular complexity index is 3430. The molecule has 0 aliphatic carbocycles. The summed E-state index contributed by atoms with van der Waals surface area (Å²) >= 11 is 3.66. The summed E-state index contributed by atoms with van der Waals surface area (Å²) < 4.78 is 5.04. The van der Waals surface area contributed by atoms with Gasteiger partial charge in [-0.2, -0.15) is 0 Å². The second-order valence-corrected chi connectivity index (χ2v) is 16.7. The predicted octanol–water partition coefficient (Wildman–Crippen LogP) is 14.0.